The molecule has 0 bridgehead atoms. The maximum Gasteiger partial charge on any atom is 0.338 e. The second-order valence-electron chi connectivity index (χ2n) is 5.90. The van der Waals surface area contributed by atoms with Crippen LogP contribution in [0.3, 0.4) is 0 Å². The fourth-order valence-electron chi connectivity index (χ4n) is 2.11. The number of rotatable bonds is 6. The van der Waals surface area contributed by atoms with E-state index < -0.39 is 34.0 Å². The van der Waals surface area contributed by atoms with Gasteiger partial charge in [0.2, 0.25) is 0 Å². The highest BCUT2D eigenvalue weighted by Gasteiger charge is 2.21. The first-order valence-electron chi connectivity index (χ1n) is 8.09. The first-order valence-corrected chi connectivity index (χ1v) is 9.57. The molecule has 0 aliphatic heterocycles. The van der Waals surface area contributed by atoms with Crippen molar-refractivity contribution in [1.82, 2.24) is 5.32 Å². The van der Waals surface area contributed by atoms with E-state index >= 15 is 0 Å². The zero-order valence-corrected chi connectivity index (χ0v) is 15.9. The van der Waals surface area contributed by atoms with Crippen LogP contribution in [0.5, 0.6) is 0 Å². The number of esters is 1. The van der Waals surface area contributed by atoms with Crippen LogP contribution in [0, 0.1) is 6.92 Å². The quantitative estimate of drug-likeness (QED) is 0.622. The molecule has 9 nitrogen and oxygen atoms in total. The van der Waals surface area contributed by atoms with Crippen molar-refractivity contribution in [1.29, 1.82) is 0 Å². The number of anilines is 1. The monoisotopic (exact) mass is 405 g/mol. The zero-order chi connectivity index (χ0) is 20.9. The Labute approximate surface area is 161 Å². The number of urea groups is 1. The number of amides is 3. The van der Waals surface area contributed by atoms with Crippen LogP contribution in [0.25, 0.3) is 0 Å². The Hall–Kier alpha value is -3.40. The van der Waals surface area contributed by atoms with Crippen molar-refractivity contribution in [2.75, 3.05) is 4.72 Å². The van der Waals surface area contributed by atoms with E-state index in [-0.39, 0.29) is 10.5 Å². The Morgan fingerprint density at radius 2 is 1.57 bits per heavy atom. The minimum absolute atomic E-state index is 0.0352. The fraction of sp³-hybridized carbons (Fsp3) is 0.167. The molecule has 0 saturated heterocycles. The van der Waals surface area contributed by atoms with Gasteiger partial charge in [-0.1, -0.05) is 17.7 Å². The van der Waals surface area contributed by atoms with Crippen LogP contribution in [0.2, 0.25) is 0 Å². The smallest absolute Gasteiger partial charge is 0.338 e. The first kappa shape index (κ1) is 20.9. The summed E-state index contributed by atoms with van der Waals surface area (Å²) in [5.74, 6) is -1.73. The van der Waals surface area contributed by atoms with Crippen LogP contribution < -0.4 is 15.8 Å². The summed E-state index contributed by atoms with van der Waals surface area (Å²) in [5.41, 5.74) is 6.25. The van der Waals surface area contributed by atoms with Gasteiger partial charge >= 0.3 is 12.0 Å². The molecule has 0 spiro atoms. The van der Waals surface area contributed by atoms with Crippen molar-refractivity contribution in [2.45, 2.75) is 24.8 Å². The van der Waals surface area contributed by atoms with E-state index in [0.717, 1.165) is 5.56 Å². The Bertz CT molecular complexity index is 985. The lowest BCUT2D eigenvalue weighted by Crippen LogP contribution is -2.42. The van der Waals surface area contributed by atoms with Crippen LogP contribution in [0.15, 0.2) is 53.4 Å². The number of carbonyl (C=O) groups is 3. The molecule has 10 heteroatoms. The van der Waals surface area contributed by atoms with Gasteiger partial charge in [0.15, 0.2) is 6.10 Å². The van der Waals surface area contributed by atoms with Crippen molar-refractivity contribution >= 4 is 33.6 Å². The highest BCUT2D eigenvalue weighted by Crippen LogP contribution is 2.17. The summed E-state index contributed by atoms with van der Waals surface area (Å²) in [6, 6.07) is 10.7. The summed E-state index contributed by atoms with van der Waals surface area (Å²) in [7, 11) is -3.84. The number of imide groups is 1. The number of hydrogen-bond acceptors (Lipinski definition) is 6. The minimum Gasteiger partial charge on any atom is -0.449 e. The van der Waals surface area contributed by atoms with E-state index in [1.165, 1.54) is 31.2 Å². The zero-order valence-electron chi connectivity index (χ0n) is 15.1. The van der Waals surface area contributed by atoms with Gasteiger partial charge in [0.25, 0.3) is 15.9 Å². The van der Waals surface area contributed by atoms with Crippen LogP contribution in [-0.2, 0) is 19.6 Å². The Morgan fingerprint density at radius 3 is 2.11 bits per heavy atom. The molecule has 0 aliphatic carbocycles. The van der Waals surface area contributed by atoms with Gasteiger partial charge in [-0.3, -0.25) is 14.8 Å². The highest BCUT2D eigenvalue weighted by atomic mass is 32.2. The molecule has 0 aliphatic rings. The SMILES string of the molecule is Cc1ccc(NS(=O)(=O)c2ccc(C(=O)O[C@H](C)C(=O)NC(N)=O)cc2)cc1. The van der Waals surface area contributed by atoms with Gasteiger partial charge in [0.05, 0.1) is 10.5 Å². The van der Waals surface area contributed by atoms with Gasteiger partial charge in [-0.2, -0.15) is 0 Å². The lowest BCUT2D eigenvalue weighted by molar-refractivity contribution is -0.127. The molecule has 2 aromatic rings. The number of nitrogens with two attached hydrogens (primary N) is 1. The van der Waals surface area contributed by atoms with Crippen molar-refractivity contribution in [3.63, 3.8) is 0 Å². The fourth-order valence-corrected chi connectivity index (χ4v) is 3.17. The Balaban J connectivity index is 2.07. The van der Waals surface area contributed by atoms with Gasteiger partial charge < -0.3 is 10.5 Å². The van der Waals surface area contributed by atoms with E-state index in [0.29, 0.717) is 5.69 Å². The van der Waals surface area contributed by atoms with Gasteiger partial charge in [0, 0.05) is 5.69 Å². The summed E-state index contributed by atoms with van der Waals surface area (Å²) in [6.07, 6.45) is -1.26. The summed E-state index contributed by atoms with van der Waals surface area (Å²) < 4.78 is 32.2. The van der Waals surface area contributed by atoms with Crippen molar-refractivity contribution in [2.24, 2.45) is 5.73 Å². The maximum absolute atomic E-state index is 12.4. The van der Waals surface area contributed by atoms with Crippen molar-refractivity contribution in [3.05, 3.63) is 59.7 Å². The molecule has 0 radical (unpaired) electrons. The lowest BCUT2D eigenvalue weighted by atomic mass is 10.2. The van der Waals surface area contributed by atoms with Crippen molar-refractivity contribution in [3.8, 4) is 0 Å². The molecule has 0 aromatic heterocycles. The second kappa shape index (κ2) is 8.53. The van der Waals surface area contributed by atoms with Gasteiger partial charge in [-0.05, 0) is 50.2 Å². The number of aryl methyl sites for hydroxylation is 1. The molecular formula is C18H19N3O6S. The normalized spacial score (nSPS) is 11.9. The molecule has 0 saturated carbocycles. The molecule has 2 aromatic carbocycles. The van der Waals surface area contributed by atoms with Gasteiger partial charge in [-0.15, -0.1) is 0 Å². The molecule has 28 heavy (non-hydrogen) atoms. The van der Waals surface area contributed by atoms with Crippen LogP contribution in [-0.4, -0.2) is 32.4 Å². The number of ether oxygens (including phenoxy) is 1. The van der Waals surface area contributed by atoms with Crippen LogP contribution in [0.1, 0.15) is 22.8 Å². The number of primary amides is 1. The maximum atomic E-state index is 12.4. The summed E-state index contributed by atoms with van der Waals surface area (Å²) >= 11 is 0. The summed E-state index contributed by atoms with van der Waals surface area (Å²) in [4.78, 5) is 34.2. The largest absolute Gasteiger partial charge is 0.449 e. The highest BCUT2D eigenvalue weighted by molar-refractivity contribution is 7.92. The topological polar surface area (TPSA) is 145 Å². The van der Waals surface area contributed by atoms with Crippen molar-refractivity contribution < 1.29 is 27.5 Å². The second-order valence-corrected chi connectivity index (χ2v) is 7.58. The molecule has 3 amide bonds. The van der Waals surface area contributed by atoms with E-state index in [4.69, 9.17) is 10.5 Å². The molecule has 4 N–H and O–H groups in total. The first-order chi connectivity index (χ1) is 13.1. The van der Waals surface area contributed by atoms with Gasteiger partial charge in [-0.25, -0.2) is 18.0 Å². The van der Waals surface area contributed by atoms with Gasteiger partial charge in [0.1, 0.15) is 0 Å². The van der Waals surface area contributed by atoms with E-state index in [1.54, 1.807) is 29.6 Å². The number of hydrogen-bond donors (Lipinski definition) is 3. The molecule has 2 rings (SSSR count). The summed E-state index contributed by atoms with van der Waals surface area (Å²) in [6.45, 7) is 3.15. The number of carbonyl (C=O) groups excluding carboxylic acids is 3. The predicted molar refractivity (Wildman–Crippen MR) is 101 cm³/mol. The standard InChI is InChI=1S/C18H19N3O6S/c1-11-3-7-14(8-4-11)21-28(25,26)15-9-5-13(6-10-15)17(23)27-12(2)16(22)20-18(19)24/h3-10,12,21H,1-2H3,(H3,19,20,22,24)/t12-/m1/s1. The number of sulfonamides is 1. The third-order valence-electron chi connectivity index (χ3n) is 3.60. The predicted octanol–water partition coefficient (Wildman–Crippen LogP) is 1.54. The lowest BCUT2D eigenvalue weighted by Gasteiger charge is -2.12. The average Bonchev–Trinajstić information content (AvgIpc) is 2.63. The Kier molecular flexibility index (Phi) is 6.37. The molecule has 1 atom stereocenters. The molecular weight excluding hydrogens is 386 g/mol. The van der Waals surface area contributed by atoms with E-state index in [9.17, 15) is 22.8 Å². The van der Waals surface area contributed by atoms with Crippen LogP contribution in [0.4, 0.5) is 10.5 Å². The Morgan fingerprint density at radius 1 is 1.00 bits per heavy atom. The van der Waals surface area contributed by atoms with Crippen LogP contribution >= 0.6 is 0 Å². The number of nitrogens with one attached hydrogen (secondary N) is 2. The molecule has 0 fully saturated rings. The third kappa shape index (κ3) is 5.55. The molecule has 0 heterocycles. The summed E-state index contributed by atoms with van der Waals surface area (Å²) in [5, 5.41) is 1.79. The van der Waals surface area contributed by atoms with E-state index in [2.05, 4.69) is 4.72 Å². The molecule has 0 unspecified atom stereocenters. The molecule has 148 valence electrons. The van der Waals surface area contributed by atoms with E-state index in [1.807, 2.05) is 6.92 Å². The average molecular weight is 405 g/mol. The minimum atomic E-state index is -3.84. The number of benzene rings is 2. The third-order valence-corrected chi connectivity index (χ3v) is 5.00.